The number of methoxy groups -OCH3 is 1. The van der Waals surface area contributed by atoms with Gasteiger partial charge < -0.3 is 15.4 Å². The molecule has 0 fully saturated rings. The molecule has 0 saturated heterocycles. The molecule has 0 unspecified atom stereocenters. The number of hydrogen-bond acceptors (Lipinski definition) is 5. The third kappa shape index (κ3) is 4.80. The van der Waals surface area contributed by atoms with Gasteiger partial charge >= 0.3 is 0 Å². The highest BCUT2D eigenvalue weighted by molar-refractivity contribution is 5.67. The first kappa shape index (κ1) is 17.9. The molecule has 0 atom stereocenters. The molecule has 0 aliphatic rings. The Kier molecular flexibility index (Phi) is 6.17. The maximum Gasteiger partial charge on any atom is 0.225 e. The molecule has 26 heavy (non-hydrogen) atoms. The Bertz CT molecular complexity index is 819. The third-order valence-electron chi connectivity index (χ3n) is 4.02. The first-order chi connectivity index (χ1) is 12.8. The molecule has 2 N–H and O–H groups in total. The molecular formula is C21H24N4O. The second kappa shape index (κ2) is 8.97. The number of rotatable bonds is 8. The van der Waals surface area contributed by atoms with Crippen LogP contribution in [0.1, 0.15) is 12.5 Å². The van der Waals surface area contributed by atoms with Crippen molar-refractivity contribution in [3.63, 3.8) is 0 Å². The van der Waals surface area contributed by atoms with Crippen LogP contribution in [0, 0.1) is 0 Å². The molecule has 3 aromatic rings. The van der Waals surface area contributed by atoms with Crippen LogP contribution in [0.2, 0.25) is 0 Å². The van der Waals surface area contributed by atoms with Crippen LogP contribution in [-0.4, -0.2) is 30.2 Å². The second-order valence-electron chi connectivity index (χ2n) is 5.92. The lowest BCUT2D eigenvalue weighted by Crippen LogP contribution is -2.11. The van der Waals surface area contributed by atoms with Crippen LogP contribution >= 0.6 is 0 Å². The number of aryl methyl sites for hydroxylation is 1. The molecule has 134 valence electrons. The number of ether oxygens (including phenoxy) is 1. The predicted octanol–water partition coefficient (Wildman–Crippen LogP) is 4.51. The average Bonchev–Trinajstić information content (AvgIpc) is 2.69. The zero-order valence-electron chi connectivity index (χ0n) is 15.2. The summed E-state index contributed by atoms with van der Waals surface area (Å²) in [5.41, 5.74) is 4.23. The van der Waals surface area contributed by atoms with E-state index in [9.17, 15) is 0 Å². The Balaban J connectivity index is 1.87. The number of nitrogens with zero attached hydrogens (tertiary/aromatic N) is 2. The largest absolute Gasteiger partial charge is 0.383 e. The summed E-state index contributed by atoms with van der Waals surface area (Å²) < 4.78 is 5.09. The van der Waals surface area contributed by atoms with Gasteiger partial charge in [-0.05, 0) is 24.1 Å². The standard InChI is InChI=1S/C21H24N4O/c1-3-16-9-11-18(12-10-16)23-20-15-19(17-7-5-4-6-8-17)24-21(25-20)22-13-14-26-2/h4-12,15H,3,13-14H2,1-2H3,(H2,22,23,24,25). The van der Waals surface area contributed by atoms with Crippen LogP contribution in [-0.2, 0) is 11.2 Å². The number of aromatic nitrogens is 2. The van der Waals surface area contributed by atoms with Gasteiger partial charge in [0.15, 0.2) is 0 Å². The molecule has 0 bridgehead atoms. The highest BCUT2D eigenvalue weighted by Crippen LogP contribution is 2.23. The van der Waals surface area contributed by atoms with Gasteiger partial charge in [-0.3, -0.25) is 0 Å². The lowest BCUT2D eigenvalue weighted by molar-refractivity contribution is 0.210. The molecule has 5 heteroatoms. The average molecular weight is 348 g/mol. The van der Waals surface area contributed by atoms with E-state index in [0.717, 1.165) is 29.2 Å². The molecular weight excluding hydrogens is 324 g/mol. The van der Waals surface area contributed by atoms with Crippen molar-refractivity contribution < 1.29 is 4.74 Å². The van der Waals surface area contributed by atoms with Crippen molar-refractivity contribution in [2.24, 2.45) is 0 Å². The van der Waals surface area contributed by atoms with Gasteiger partial charge in [0.05, 0.1) is 12.3 Å². The Labute approximate surface area is 154 Å². The second-order valence-corrected chi connectivity index (χ2v) is 5.92. The van der Waals surface area contributed by atoms with Crippen molar-refractivity contribution in [3.05, 3.63) is 66.2 Å². The van der Waals surface area contributed by atoms with Gasteiger partial charge in [0.2, 0.25) is 5.95 Å². The zero-order valence-corrected chi connectivity index (χ0v) is 15.2. The minimum absolute atomic E-state index is 0.580. The quantitative estimate of drug-likeness (QED) is 0.587. The smallest absolute Gasteiger partial charge is 0.225 e. The van der Waals surface area contributed by atoms with Gasteiger partial charge in [-0.1, -0.05) is 49.4 Å². The summed E-state index contributed by atoms with van der Waals surface area (Å²) in [6.07, 6.45) is 1.03. The fourth-order valence-corrected chi connectivity index (χ4v) is 2.58. The van der Waals surface area contributed by atoms with E-state index >= 15 is 0 Å². The summed E-state index contributed by atoms with van der Waals surface area (Å²) in [5.74, 6) is 1.33. The molecule has 1 aromatic heterocycles. The van der Waals surface area contributed by atoms with E-state index in [1.54, 1.807) is 7.11 Å². The van der Waals surface area contributed by atoms with Crippen LogP contribution in [0.4, 0.5) is 17.5 Å². The summed E-state index contributed by atoms with van der Waals surface area (Å²) in [6.45, 7) is 3.40. The SMILES string of the molecule is CCc1ccc(Nc2cc(-c3ccccc3)nc(NCCOC)n2)cc1. The Morgan fingerprint density at radius 2 is 1.73 bits per heavy atom. The first-order valence-corrected chi connectivity index (χ1v) is 8.81. The van der Waals surface area contributed by atoms with E-state index in [2.05, 4.69) is 51.8 Å². The number of anilines is 3. The fraction of sp³-hybridized carbons (Fsp3) is 0.238. The molecule has 0 spiro atoms. The fourth-order valence-electron chi connectivity index (χ4n) is 2.58. The van der Waals surface area contributed by atoms with E-state index in [1.165, 1.54) is 5.56 Å². The predicted molar refractivity (Wildman–Crippen MR) is 107 cm³/mol. The van der Waals surface area contributed by atoms with Crippen molar-refractivity contribution >= 4 is 17.5 Å². The maximum absolute atomic E-state index is 5.09. The highest BCUT2D eigenvalue weighted by Gasteiger charge is 2.07. The van der Waals surface area contributed by atoms with E-state index in [-0.39, 0.29) is 0 Å². The molecule has 5 nitrogen and oxygen atoms in total. The molecule has 1 heterocycles. The monoisotopic (exact) mass is 348 g/mol. The summed E-state index contributed by atoms with van der Waals surface area (Å²) >= 11 is 0. The number of hydrogen-bond donors (Lipinski definition) is 2. The molecule has 0 radical (unpaired) electrons. The van der Waals surface area contributed by atoms with Gasteiger partial charge in [0, 0.05) is 31.0 Å². The van der Waals surface area contributed by atoms with Crippen molar-refractivity contribution in [3.8, 4) is 11.3 Å². The summed E-state index contributed by atoms with van der Waals surface area (Å²) in [6, 6.07) is 20.4. The van der Waals surface area contributed by atoms with Crippen molar-refractivity contribution in [1.82, 2.24) is 9.97 Å². The number of benzene rings is 2. The van der Waals surface area contributed by atoms with E-state index in [4.69, 9.17) is 4.74 Å². The molecule has 0 amide bonds. The van der Waals surface area contributed by atoms with Gasteiger partial charge in [0.25, 0.3) is 0 Å². The first-order valence-electron chi connectivity index (χ1n) is 8.81. The topological polar surface area (TPSA) is 59.1 Å². The van der Waals surface area contributed by atoms with Crippen LogP contribution in [0.3, 0.4) is 0 Å². The molecule has 2 aromatic carbocycles. The third-order valence-corrected chi connectivity index (χ3v) is 4.02. The highest BCUT2D eigenvalue weighted by atomic mass is 16.5. The van der Waals surface area contributed by atoms with Gasteiger partial charge in [-0.2, -0.15) is 4.98 Å². The van der Waals surface area contributed by atoms with Crippen LogP contribution in [0.5, 0.6) is 0 Å². The van der Waals surface area contributed by atoms with E-state index in [1.807, 2.05) is 36.4 Å². The minimum Gasteiger partial charge on any atom is -0.383 e. The lowest BCUT2D eigenvalue weighted by Gasteiger charge is -2.12. The van der Waals surface area contributed by atoms with E-state index in [0.29, 0.717) is 19.1 Å². The summed E-state index contributed by atoms with van der Waals surface area (Å²) in [5, 5.41) is 6.59. The zero-order chi connectivity index (χ0) is 18.2. The van der Waals surface area contributed by atoms with Crippen molar-refractivity contribution in [2.75, 3.05) is 30.9 Å². The van der Waals surface area contributed by atoms with Crippen LogP contribution < -0.4 is 10.6 Å². The van der Waals surface area contributed by atoms with Gasteiger partial charge in [-0.25, -0.2) is 4.98 Å². The lowest BCUT2D eigenvalue weighted by atomic mass is 10.1. The minimum atomic E-state index is 0.580. The van der Waals surface area contributed by atoms with Crippen LogP contribution in [0.15, 0.2) is 60.7 Å². The molecule has 0 saturated carbocycles. The van der Waals surface area contributed by atoms with Gasteiger partial charge in [0.1, 0.15) is 5.82 Å². The molecule has 0 aliphatic carbocycles. The molecule has 3 rings (SSSR count). The molecule has 0 aliphatic heterocycles. The van der Waals surface area contributed by atoms with Crippen LogP contribution in [0.25, 0.3) is 11.3 Å². The van der Waals surface area contributed by atoms with Crippen molar-refractivity contribution in [1.29, 1.82) is 0 Å². The number of nitrogens with one attached hydrogen (secondary N) is 2. The normalized spacial score (nSPS) is 10.5. The summed E-state index contributed by atoms with van der Waals surface area (Å²) in [7, 11) is 1.68. The van der Waals surface area contributed by atoms with Gasteiger partial charge in [-0.15, -0.1) is 0 Å². The Morgan fingerprint density at radius 1 is 0.962 bits per heavy atom. The Hall–Kier alpha value is -2.92. The van der Waals surface area contributed by atoms with Crippen molar-refractivity contribution in [2.45, 2.75) is 13.3 Å². The Morgan fingerprint density at radius 3 is 2.42 bits per heavy atom. The maximum atomic E-state index is 5.09. The summed E-state index contributed by atoms with van der Waals surface area (Å²) in [4.78, 5) is 9.21. The van der Waals surface area contributed by atoms with E-state index < -0.39 is 0 Å².